The fourth-order valence-corrected chi connectivity index (χ4v) is 3.21. The van der Waals surface area contributed by atoms with Crippen LogP contribution in [0.1, 0.15) is 5.69 Å². The average Bonchev–Trinajstić information content (AvgIpc) is 2.66. The lowest BCUT2D eigenvalue weighted by atomic mass is 10.2. The lowest BCUT2D eigenvalue weighted by Crippen LogP contribution is -2.46. The lowest BCUT2D eigenvalue weighted by molar-refractivity contribution is 0.243. The fraction of sp³-hybridized carbons (Fsp3) is 0.333. The smallest absolute Gasteiger partial charge is 0.268 e. The van der Waals surface area contributed by atoms with Crippen molar-refractivity contribution in [3.63, 3.8) is 0 Å². The Balaban J connectivity index is 1.43. The van der Waals surface area contributed by atoms with Gasteiger partial charge in [0.15, 0.2) is 0 Å². The molecule has 1 aliphatic rings. The molecule has 0 unspecified atom stereocenters. The van der Waals surface area contributed by atoms with Crippen LogP contribution < -0.4 is 10.5 Å². The molecule has 0 saturated carbocycles. The molecule has 0 spiro atoms. The Bertz CT molecular complexity index is 945. The molecule has 4 rings (SSSR count). The minimum atomic E-state index is -0.0606. The second-order valence-corrected chi connectivity index (χ2v) is 6.32. The number of fused-ring (bicyclic) bond motifs is 1. The van der Waals surface area contributed by atoms with Crippen molar-refractivity contribution in [3.8, 4) is 0 Å². The molecule has 1 aliphatic heterocycles. The van der Waals surface area contributed by atoms with E-state index < -0.39 is 0 Å². The van der Waals surface area contributed by atoms with E-state index in [0.717, 1.165) is 49.3 Å². The maximum absolute atomic E-state index is 11.7. The van der Waals surface area contributed by atoms with E-state index in [9.17, 15) is 4.79 Å². The highest BCUT2D eigenvalue weighted by Gasteiger charge is 2.18. The summed E-state index contributed by atoms with van der Waals surface area (Å²) in [5, 5.41) is 1.06. The summed E-state index contributed by atoms with van der Waals surface area (Å²) in [6, 6.07) is 6.32. The Morgan fingerprint density at radius 2 is 1.88 bits per heavy atom. The van der Waals surface area contributed by atoms with Crippen molar-refractivity contribution in [2.75, 3.05) is 31.1 Å². The summed E-state index contributed by atoms with van der Waals surface area (Å²) >= 11 is 0. The Morgan fingerprint density at radius 3 is 2.72 bits per heavy atom. The van der Waals surface area contributed by atoms with E-state index >= 15 is 0 Å². The normalized spacial score (nSPS) is 15.6. The molecule has 3 aromatic rings. The molecule has 1 fully saturated rings. The maximum atomic E-state index is 11.7. The van der Waals surface area contributed by atoms with Crippen molar-refractivity contribution in [2.45, 2.75) is 6.54 Å². The van der Waals surface area contributed by atoms with E-state index in [4.69, 9.17) is 0 Å². The van der Waals surface area contributed by atoms with Gasteiger partial charge in [-0.25, -0.2) is 9.97 Å². The van der Waals surface area contributed by atoms with Crippen LogP contribution in [-0.2, 0) is 13.6 Å². The van der Waals surface area contributed by atoms with Crippen LogP contribution >= 0.6 is 0 Å². The van der Waals surface area contributed by atoms with Crippen molar-refractivity contribution in [1.29, 1.82) is 0 Å². The fourth-order valence-electron chi connectivity index (χ4n) is 3.21. The monoisotopic (exact) mass is 336 g/mol. The number of anilines is 1. The van der Waals surface area contributed by atoms with Crippen LogP contribution in [0, 0.1) is 0 Å². The first-order valence-corrected chi connectivity index (χ1v) is 8.38. The molecule has 0 radical (unpaired) electrons. The van der Waals surface area contributed by atoms with Crippen molar-refractivity contribution < 1.29 is 0 Å². The molecule has 3 heterocycles. The van der Waals surface area contributed by atoms with Crippen molar-refractivity contribution >= 4 is 16.6 Å². The van der Waals surface area contributed by atoms with E-state index in [1.165, 1.54) is 11.9 Å². The number of aromatic nitrogens is 4. The molecule has 0 bridgehead atoms. The van der Waals surface area contributed by atoms with Crippen LogP contribution in [0.25, 0.3) is 10.9 Å². The maximum Gasteiger partial charge on any atom is 0.268 e. The zero-order valence-corrected chi connectivity index (χ0v) is 14.2. The molecular weight excluding hydrogens is 316 g/mol. The first-order chi connectivity index (χ1) is 12.2. The summed E-state index contributed by atoms with van der Waals surface area (Å²) in [7, 11) is 1.80. The number of hydrogen-bond donors (Lipinski definition) is 0. The summed E-state index contributed by atoms with van der Waals surface area (Å²) < 4.78 is 1.67. The highest BCUT2D eigenvalue weighted by atomic mass is 16.1. The molecule has 0 aliphatic carbocycles. The van der Waals surface area contributed by atoms with Crippen molar-refractivity contribution in [1.82, 2.24) is 24.4 Å². The van der Waals surface area contributed by atoms with E-state index in [1.807, 2.05) is 12.3 Å². The summed E-state index contributed by atoms with van der Waals surface area (Å²) in [4.78, 5) is 28.8. The number of hydrogen-bond acceptors (Lipinski definition) is 6. The molecule has 1 saturated heterocycles. The van der Waals surface area contributed by atoms with Gasteiger partial charge in [0, 0.05) is 63.2 Å². The summed E-state index contributed by atoms with van der Waals surface area (Å²) in [5.41, 5.74) is 3.06. The minimum Gasteiger partial charge on any atom is -0.369 e. The Hall–Kier alpha value is -2.80. The van der Waals surface area contributed by atoms with Crippen LogP contribution in [0.15, 0.2) is 47.9 Å². The largest absolute Gasteiger partial charge is 0.369 e. The SMILES string of the molecule is Cn1c(CN2CCN(c3ccc4ncncc4c3)CC2)cncc1=O. The minimum absolute atomic E-state index is 0.0606. The Morgan fingerprint density at radius 1 is 1.04 bits per heavy atom. The van der Waals surface area contributed by atoms with Gasteiger partial charge in [0.1, 0.15) is 6.33 Å². The third kappa shape index (κ3) is 3.23. The van der Waals surface area contributed by atoms with Gasteiger partial charge >= 0.3 is 0 Å². The zero-order chi connectivity index (χ0) is 17.2. The first kappa shape index (κ1) is 15.7. The molecule has 7 heteroatoms. The standard InChI is InChI=1S/C18H20N6O/c1-22-16(10-19-11-18(22)25)12-23-4-6-24(7-5-23)15-2-3-17-14(8-15)9-20-13-21-17/h2-3,8-11,13H,4-7,12H2,1H3. The summed E-state index contributed by atoms with van der Waals surface area (Å²) in [5.74, 6) is 0. The average molecular weight is 336 g/mol. The summed E-state index contributed by atoms with van der Waals surface area (Å²) in [6.45, 7) is 4.55. The molecule has 0 atom stereocenters. The lowest BCUT2D eigenvalue weighted by Gasteiger charge is -2.36. The van der Waals surface area contributed by atoms with Crippen molar-refractivity contribution in [3.05, 3.63) is 59.2 Å². The molecule has 0 N–H and O–H groups in total. The van der Waals surface area contributed by atoms with Gasteiger partial charge in [-0.05, 0) is 18.2 Å². The van der Waals surface area contributed by atoms with Crippen LogP contribution in [-0.4, -0.2) is 50.6 Å². The molecule has 7 nitrogen and oxygen atoms in total. The van der Waals surface area contributed by atoms with E-state index in [1.54, 1.807) is 24.1 Å². The first-order valence-electron chi connectivity index (χ1n) is 8.38. The van der Waals surface area contributed by atoms with Gasteiger partial charge in [-0.3, -0.25) is 14.7 Å². The highest BCUT2D eigenvalue weighted by Crippen LogP contribution is 2.21. The second-order valence-electron chi connectivity index (χ2n) is 6.32. The van der Waals surface area contributed by atoms with Crippen LogP contribution in [0.5, 0.6) is 0 Å². The van der Waals surface area contributed by atoms with Gasteiger partial charge in [-0.2, -0.15) is 0 Å². The van der Waals surface area contributed by atoms with Crippen LogP contribution in [0.4, 0.5) is 5.69 Å². The predicted molar refractivity (Wildman–Crippen MR) is 96.5 cm³/mol. The number of piperazine rings is 1. The second kappa shape index (κ2) is 6.60. The van der Waals surface area contributed by atoms with Gasteiger partial charge < -0.3 is 9.47 Å². The van der Waals surface area contributed by atoms with Crippen LogP contribution in [0.2, 0.25) is 0 Å². The Labute approximate surface area is 145 Å². The van der Waals surface area contributed by atoms with Gasteiger partial charge in [-0.1, -0.05) is 0 Å². The summed E-state index contributed by atoms with van der Waals surface area (Å²) in [6.07, 6.45) is 6.56. The molecule has 0 amide bonds. The number of nitrogens with zero attached hydrogens (tertiary/aromatic N) is 6. The third-order valence-corrected chi connectivity index (χ3v) is 4.78. The number of rotatable bonds is 3. The van der Waals surface area contributed by atoms with Gasteiger partial charge in [0.05, 0.1) is 17.4 Å². The van der Waals surface area contributed by atoms with E-state index in [-0.39, 0.29) is 5.56 Å². The molecule has 2 aromatic heterocycles. The quantitative estimate of drug-likeness (QED) is 0.712. The topological polar surface area (TPSA) is 67.2 Å². The molecule has 128 valence electrons. The van der Waals surface area contributed by atoms with Gasteiger partial charge in [0.25, 0.3) is 5.56 Å². The van der Waals surface area contributed by atoms with E-state index in [0.29, 0.717) is 0 Å². The van der Waals surface area contributed by atoms with Gasteiger partial charge in [-0.15, -0.1) is 0 Å². The molecule has 1 aromatic carbocycles. The van der Waals surface area contributed by atoms with E-state index in [2.05, 4.69) is 36.9 Å². The molecular formula is C18H20N6O. The number of benzene rings is 1. The van der Waals surface area contributed by atoms with Gasteiger partial charge in [0.2, 0.25) is 0 Å². The zero-order valence-electron chi connectivity index (χ0n) is 14.2. The predicted octanol–water partition coefficient (Wildman–Crippen LogP) is 1.05. The van der Waals surface area contributed by atoms with Crippen molar-refractivity contribution in [2.24, 2.45) is 7.05 Å². The highest BCUT2D eigenvalue weighted by molar-refractivity contribution is 5.81. The molecule has 25 heavy (non-hydrogen) atoms. The van der Waals surface area contributed by atoms with Crippen LogP contribution in [0.3, 0.4) is 0 Å². The Kier molecular flexibility index (Phi) is 4.15. The third-order valence-electron chi connectivity index (χ3n) is 4.78.